The Hall–Kier alpha value is -2.45. The molecule has 29 heavy (non-hydrogen) atoms. The Morgan fingerprint density at radius 1 is 1.41 bits per heavy atom. The van der Waals surface area contributed by atoms with Gasteiger partial charge in [-0.3, -0.25) is 14.5 Å². The van der Waals surface area contributed by atoms with Gasteiger partial charge in [-0.1, -0.05) is 6.92 Å². The Kier molecular flexibility index (Phi) is 6.87. The minimum absolute atomic E-state index is 0.149. The van der Waals surface area contributed by atoms with Gasteiger partial charge in [0, 0.05) is 24.5 Å². The number of rotatable bonds is 8. The van der Waals surface area contributed by atoms with Gasteiger partial charge in [-0.05, 0) is 38.5 Å². The first-order valence-electron chi connectivity index (χ1n) is 9.68. The molecule has 0 bridgehead atoms. The summed E-state index contributed by atoms with van der Waals surface area (Å²) in [5.74, 6) is -0.143. The van der Waals surface area contributed by atoms with Gasteiger partial charge in [0.25, 0.3) is 5.91 Å². The molecule has 3 rings (SSSR count). The van der Waals surface area contributed by atoms with Crippen molar-refractivity contribution in [1.82, 2.24) is 4.98 Å². The van der Waals surface area contributed by atoms with Crippen molar-refractivity contribution in [1.29, 1.82) is 0 Å². The molecule has 2 unspecified atom stereocenters. The molecule has 0 aliphatic carbocycles. The molecule has 8 heteroatoms. The van der Waals surface area contributed by atoms with Crippen LogP contribution in [0.15, 0.2) is 23.6 Å². The molecule has 2 heterocycles. The highest BCUT2D eigenvalue weighted by Gasteiger charge is 2.33. The lowest BCUT2D eigenvalue weighted by Gasteiger charge is -2.32. The summed E-state index contributed by atoms with van der Waals surface area (Å²) in [5.41, 5.74) is 2.23. The minimum atomic E-state index is -0.662. The van der Waals surface area contributed by atoms with Crippen molar-refractivity contribution >= 4 is 28.9 Å². The maximum atomic E-state index is 12.7. The van der Waals surface area contributed by atoms with Crippen LogP contribution >= 0.6 is 11.3 Å². The van der Waals surface area contributed by atoms with Gasteiger partial charge in [0.05, 0.1) is 29.1 Å². The number of hydrogen-bond donors (Lipinski definition) is 0. The van der Waals surface area contributed by atoms with Crippen LogP contribution in [0.1, 0.15) is 32.2 Å². The Morgan fingerprint density at radius 3 is 2.93 bits per heavy atom. The van der Waals surface area contributed by atoms with E-state index in [1.807, 2.05) is 37.4 Å². The van der Waals surface area contributed by atoms with E-state index >= 15 is 0 Å². The van der Waals surface area contributed by atoms with Crippen LogP contribution in [0.4, 0.5) is 5.69 Å². The summed E-state index contributed by atoms with van der Waals surface area (Å²) < 4.78 is 16.2. The van der Waals surface area contributed by atoms with Crippen molar-refractivity contribution in [3.63, 3.8) is 0 Å². The average molecular weight is 419 g/mol. The second-order valence-electron chi connectivity index (χ2n) is 6.94. The highest BCUT2D eigenvalue weighted by Crippen LogP contribution is 2.37. The second-order valence-corrected chi connectivity index (χ2v) is 7.89. The predicted octanol–water partition coefficient (Wildman–Crippen LogP) is 3.45. The highest BCUT2D eigenvalue weighted by molar-refractivity contribution is 7.09. The molecule has 2 atom stereocenters. The van der Waals surface area contributed by atoms with E-state index in [1.54, 1.807) is 25.4 Å². The number of amides is 1. The van der Waals surface area contributed by atoms with Crippen LogP contribution in [0, 0.1) is 0 Å². The molecule has 156 valence electrons. The van der Waals surface area contributed by atoms with E-state index in [9.17, 15) is 9.59 Å². The fourth-order valence-electron chi connectivity index (χ4n) is 2.95. The predicted molar refractivity (Wildman–Crippen MR) is 111 cm³/mol. The van der Waals surface area contributed by atoms with Gasteiger partial charge < -0.3 is 14.2 Å². The average Bonchev–Trinajstić information content (AvgIpc) is 3.18. The molecule has 0 saturated carbocycles. The normalized spacial score (nSPS) is 16.9. The summed E-state index contributed by atoms with van der Waals surface area (Å²) in [6.07, 6.45) is 0.612. The molecule has 0 N–H and O–H groups in total. The van der Waals surface area contributed by atoms with E-state index in [1.165, 1.54) is 4.90 Å². The number of esters is 1. The van der Waals surface area contributed by atoms with Crippen LogP contribution in [0.3, 0.4) is 0 Å². The Bertz CT molecular complexity index is 882. The summed E-state index contributed by atoms with van der Waals surface area (Å²) in [6.45, 7) is 5.91. The van der Waals surface area contributed by atoms with Crippen molar-refractivity contribution in [3.05, 3.63) is 28.6 Å². The number of methoxy groups -OCH3 is 1. The van der Waals surface area contributed by atoms with Crippen molar-refractivity contribution in [2.45, 2.75) is 45.8 Å². The fourth-order valence-corrected chi connectivity index (χ4v) is 3.74. The molecule has 0 fully saturated rings. The van der Waals surface area contributed by atoms with Crippen molar-refractivity contribution < 1.29 is 23.8 Å². The molecule has 1 aromatic heterocycles. The first-order valence-corrected chi connectivity index (χ1v) is 10.6. The second kappa shape index (κ2) is 9.37. The molecule has 1 aliphatic rings. The number of benzene rings is 1. The molecule has 0 spiro atoms. The van der Waals surface area contributed by atoms with E-state index < -0.39 is 12.1 Å². The molecule has 0 radical (unpaired) electrons. The zero-order valence-corrected chi connectivity index (χ0v) is 18.0. The summed E-state index contributed by atoms with van der Waals surface area (Å²) in [6, 6.07) is 5.56. The zero-order valence-electron chi connectivity index (χ0n) is 17.1. The monoisotopic (exact) mass is 418 g/mol. The standard InChI is InChI=1S/C21H26N2O5S/c1-5-13(2)27-20(24)11-23-17-10-15(6-7-18(17)28-14(3)21(23)25)16-12-29-19(22-16)8-9-26-4/h6-7,10,12-14H,5,8-9,11H2,1-4H3. The highest BCUT2D eigenvalue weighted by atomic mass is 32.1. The minimum Gasteiger partial charge on any atom is -0.479 e. The number of carbonyl (C=O) groups excluding carboxylic acids is 2. The van der Waals surface area contributed by atoms with Gasteiger partial charge in [-0.25, -0.2) is 4.98 Å². The quantitative estimate of drug-likeness (QED) is 0.611. The molecular weight excluding hydrogens is 392 g/mol. The van der Waals surface area contributed by atoms with Crippen molar-refractivity contribution in [2.24, 2.45) is 0 Å². The number of aromatic nitrogens is 1. The first-order chi connectivity index (χ1) is 13.9. The lowest BCUT2D eigenvalue weighted by Crippen LogP contribution is -2.47. The largest absolute Gasteiger partial charge is 0.479 e. The Balaban J connectivity index is 1.87. The zero-order chi connectivity index (χ0) is 21.0. The lowest BCUT2D eigenvalue weighted by molar-refractivity contribution is -0.147. The van der Waals surface area contributed by atoms with Gasteiger partial charge in [0.2, 0.25) is 0 Å². The molecule has 0 saturated heterocycles. The summed E-state index contributed by atoms with van der Waals surface area (Å²) >= 11 is 1.57. The Labute approximate surface area is 174 Å². The first kappa shape index (κ1) is 21.3. The van der Waals surface area contributed by atoms with E-state index in [4.69, 9.17) is 14.2 Å². The van der Waals surface area contributed by atoms with Crippen LogP contribution in [0.5, 0.6) is 5.75 Å². The molecule has 2 aromatic rings. The smallest absolute Gasteiger partial charge is 0.326 e. The molecule has 1 aromatic carbocycles. The van der Waals surface area contributed by atoms with Gasteiger partial charge in [-0.15, -0.1) is 11.3 Å². The van der Waals surface area contributed by atoms with E-state index in [0.29, 0.717) is 18.0 Å². The van der Waals surface area contributed by atoms with E-state index in [-0.39, 0.29) is 18.6 Å². The van der Waals surface area contributed by atoms with Crippen molar-refractivity contribution in [3.8, 4) is 17.0 Å². The maximum Gasteiger partial charge on any atom is 0.326 e. The SMILES string of the molecule is CCC(C)OC(=O)CN1C(=O)C(C)Oc2ccc(-c3csc(CCOC)n3)cc21. The lowest BCUT2D eigenvalue weighted by atomic mass is 10.1. The summed E-state index contributed by atoms with van der Waals surface area (Å²) in [7, 11) is 1.66. The summed E-state index contributed by atoms with van der Waals surface area (Å²) in [5, 5.41) is 2.96. The molecule has 1 aliphatic heterocycles. The van der Waals surface area contributed by atoms with E-state index in [0.717, 1.165) is 29.1 Å². The number of anilines is 1. The third kappa shape index (κ3) is 4.94. The van der Waals surface area contributed by atoms with Crippen LogP contribution < -0.4 is 9.64 Å². The van der Waals surface area contributed by atoms with Crippen LogP contribution in [0.2, 0.25) is 0 Å². The number of carbonyl (C=O) groups is 2. The number of fused-ring (bicyclic) bond motifs is 1. The van der Waals surface area contributed by atoms with Crippen LogP contribution in [-0.4, -0.2) is 49.3 Å². The van der Waals surface area contributed by atoms with Crippen LogP contribution in [0.25, 0.3) is 11.3 Å². The van der Waals surface area contributed by atoms with Crippen LogP contribution in [-0.2, 0) is 25.5 Å². The number of thiazole rings is 1. The number of ether oxygens (including phenoxy) is 3. The summed E-state index contributed by atoms with van der Waals surface area (Å²) in [4.78, 5) is 31.1. The number of nitrogens with zero attached hydrogens (tertiary/aromatic N) is 2. The van der Waals surface area contributed by atoms with Crippen molar-refractivity contribution in [2.75, 3.05) is 25.2 Å². The van der Waals surface area contributed by atoms with Gasteiger partial charge >= 0.3 is 5.97 Å². The molecule has 7 nitrogen and oxygen atoms in total. The van der Waals surface area contributed by atoms with Gasteiger partial charge in [0.15, 0.2) is 6.10 Å². The topological polar surface area (TPSA) is 78.0 Å². The van der Waals surface area contributed by atoms with Gasteiger partial charge in [0.1, 0.15) is 12.3 Å². The Morgan fingerprint density at radius 2 is 2.21 bits per heavy atom. The number of hydrogen-bond acceptors (Lipinski definition) is 7. The van der Waals surface area contributed by atoms with Gasteiger partial charge in [-0.2, -0.15) is 0 Å². The third-order valence-electron chi connectivity index (χ3n) is 4.73. The van der Waals surface area contributed by atoms with E-state index in [2.05, 4.69) is 4.98 Å². The fraction of sp³-hybridized carbons (Fsp3) is 0.476. The maximum absolute atomic E-state index is 12.7. The molecular formula is C21H26N2O5S. The third-order valence-corrected chi connectivity index (χ3v) is 5.64. The molecule has 1 amide bonds.